The van der Waals surface area contributed by atoms with E-state index in [0.717, 1.165) is 26.2 Å². The van der Waals surface area contributed by atoms with Crippen molar-refractivity contribution in [2.24, 2.45) is 0 Å². The Kier molecular flexibility index (Phi) is 4.93. The van der Waals surface area contributed by atoms with Crippen molar-refractivity contribution in [2.45, 2.75) is 12.2 Å². The number of carbonyl (C=O) groups is 2. The van der Waals surface area contributed by atoms with Crippen LogP contribution in [0.15, 0.2) is 18.2 Å². The van der Waals surface area contributed by atoms with E-state index >= 15 is 0 Å². The van der Waals surface area contributed by atoms with Crippen LogP contribution in [0.4, 0.5) is 8.78 Å². The minimum atomic E-state index is -4.13. The summed E-state index contributed by atoms with van der Waals surface area (Å²) in [6.45, 7) is 1.03. The van der Waals surface area contributed by atoms with Crippen molar-refractivity contribution in [1.29, 1.82) is 0 Å². The molecule has 1 aromatic rings. The van der Waals surface area contributed by atoms with Gasteiger partial charge in [0.25, 0.3) is 0 Å². The summed E-state index contributed by atoms with van der Waals surface area (Å²) in [5.41, 5.74) is -0.549. The van der Waals surface area contributed by atoms with Gasteiger partial charge in [0.05, 0.1) is 12.7 Å². The molecule has 0 N–H and O–H groups in total. The highest BCUT2D eigenvalue weighted by Gasteiger charge is 2.32. The lowest BCUT2D eigenvalue weighted by atomic mass is 10.1. The van der Waals surface area contributed by atoms with E-state index in [2.05, 4.69) is 4.74 Å². The van der Waals surface area contributed by atoms with Gasteiger partial charge in [0.15, 0.2) is 15.6 Å². The Morgan fingerprint density at radius 2 is 1.90 bits per heavy atom. The van der Waals surface area contributed by atoms with Gasteiger partial charge in [0.1, 0.15) is 22.6 Å². The van der Waals surface area contributed by atoms with E-state index < -0.39 is 49.8 Å². The Morgan fingerprint density at radius 3 is 2.40 bits per heavy atom. The summed E-state index contributed by atoms with van der Waals surface area (Å²) in [4.78, 5) is 22.9. The number of hydrogen-bond donors (Lipinski definition) is 0. The third-order valence-electron chi connectivity index (χ3n) is 2.65. The first kappa shape index (κ1) is 16.2. The topological polar surface area (TPSA) is 77.5 Å². The average Bonchev–Trinajstić information content (AvgIpc) is 2.36. The van der Waals surface area contributed by atoms with Crippen molar-refractivity contribution in [1.82, 2.24) is 0 Å². The fraction of sp³-hybridized carbons (Fsp3) is 0.333. The van der Waals surface area contributed by atoms with E-state index in [1.165, 1.54) is 0 Å². The molecule has 0 bridgehead atoms. The summed E-state index contributed by atoms with van der Waals surface area (Å²) >= 11 is 0. The van der Waals surface area contributed by atoms with E-state index in [4.69, 9.17) is 0 Å². The van der Waals surface area contributed by atoms with Crippen LogP contribution in [-0.4, -0.2) is 38.3 Å². The SMILES string of the molecule is COC(=O)CS(=O)(=O)C(C)C(=O)c1ccc(F)cc1F. The van der Waals surface area contributed by atoms with Gasteiger partial charge in [-0.15, -0.1) is 0 Å². The molecular formula is C12H12F2O5S. The molecule has 0 amide bonds. The van der Waals surface area contributed by atoms with Crippen LogP contribution in [-0.2, 0) is 19.4 Å². The quantitative estimate of drug-likeness (QED) is 0.602. The van der Waals surface area contributed by atoms with Crippen molar-refractivity contribution in [3.8, 4) is 0 Å². The van der Waals surface area contributed by atoms with Gasteiger partial charge in [-0.1, -0.05) is 0 Å². The zero-order valence-electron chi connectivity index (χ0n) is 10.7. The number of carbonyl (C=O) groups excluding carboxylic acids is 2. The molecule has 0 aromatic heterocycles. The second kappa shape index (κ2) is 6.08. The van der Waals surface area contributed by atoms with Crippen LogP contribution in [0.2, 0.25) is 0 Å². The molecule has 0 saturated heterocycles. The molecule has 1 unspecified atom stereocenters. The average molecular weight is 306 g/mol. The first-order valence-corrected chi connectivity index (χ1v) is 7.18. The molecule has 0 aliphatic heterocycles. The lowest BCUT2D eigenvalue weighted by Gasteiger charge is -2.11. The molecule has 0 aliphatic carbocycles. The van der Waals surface area contributed by atoms with Crippen LogP contribution in [0.5, 0.6) is 0 Å². The third-order valence-corrected chi connectivity index (χ3v) is 4.58. The molecule has 0 fully saturated rings. The van der Waals surface area contributed by atoms with Crippen LogP contribution in [0.3, 0.4) is 0 Å². The molecule has 1 aromatic carbocycles. The molecule has 0 spiro atoms. The van der Waals surface area contributed by atoms with E-state index in [1.54, 1.807) is 0 Å². The molecule has 0 heterocycles. The third kappa shape index (κ3) is 3.60. The summed E-state index contributed by atoms with van der Waals surface area (Å²) < 4.78 is 53.9. The zero-order valence-corrected chi connectivity index (χ0v) is 11.5. The number of sulfone groups is 1. The van der Waals surface area contributed by atoms with Crippen LogP contribution in [0.25, 0.3) is 0 Å². The molecule has 110 valence electrons. The second-order valence-electron chi connectivity index (χ2n) is 4.01. The maximum absolute atomic E-state index is 13.4. The van der Waals surface area contributed by atoms with Gasteiger partial charge in [-0.25, -0.2) is 17.2 Å². The molecular weight excluding hydrogens is 294 g/mol. The van der Waals surface area contributed by atoms with Gasteiger partial charge >= 0.3 is 5.97 Å². The fourth-order valence-electron chi connectivity index (χ4n) is 1.42. The minimum absolute atomic E-state index is 0.479. The predicted octanol–water partition coefficient (Wildman–Crippen LogP) is 1.12. The van der Waals surface area contributed by atoms with Gasteiger partial charge in [0.2, 0.25) is 0 Å². The van der Waals surface area contributed by atoms with E-state index in [-0.39, 0.29) is 0 Å². The molecule has 5 nitrogen and oxygen atoms in total. The number of hydrogen-bond acceptors (Lipinski definition) is 5. The van der Waals surface area contributed by atoms with Gasteiger partial charge in [-0.3, -0.25) is 9.59 Å². The lowest BCUT2D eigenvalue weighted by Crippen LogP contribution is -2.33. The number of Topliss-reactive ketones (excluding diaryl/α,β-unsaturated/α-hetero) is 1. The van der Waals surface area contributed by atoms with Crippen molar-refractivity contribution >= 4 is 21.6 Å². The maximum atomic E-state index is 13.4. The molecule has 0 aliphatic rings. The normalized spacial score (nSPS) is 12.8. The highest BCUT2D eigenvalue weighted by atomic mass is 32.2. The molecule has 8 heteroatoms. The number of halogens is 2. The highest BCUT2D eigenvalue weighted by Crippen LogP contribution is 2.16. The lowest BCUT2D eigenvalue weighted by molar-refractivity contribution is -0.137. The van der Waals surface area contributed by atoms with E-state index in [9.17, 15) is 26.8 Å². The summed E-state index contributed by atoms with van der Waals surface area (Å²) in [5.74, 6) is -5.10. The van der Waals surface area contributed by atoms with Gasteiger partial charge < -0.3 is 4.74 Å². The van der Waals surface area contributed by atoms with Crippen molar-refractivity contribution in [3.05, 3.63) is 35.4 Å². The Hall–Kier alpha value is -1.83. The number of benzene rings is 1. The molecule has 20 heavy (non-hydrogen) atoms. The molecule has 0 saturated carbocycles. The molecule has 1 rings (SSSR count). The standard InChI is InChI=1S/C12H12F2O5S/c1-7(20(17,18)6-11(15)19-2)12(16)9-4-3-8(13)5-10(9)14/h3-5,7H,6H2,1-2H3. The monoisotopic (exact) mass is 306 g/mol. The van der Waals surface area contributed by atoms with Crippen LogP contribution in [0.1, 0.15) is 17.3 Å². The van der Waals surface area contributed by atoms with Gasteiger partial charge in [-0.2, -0.15) is 0 Å². The van der Waals surface area contributed by atoms with Crippen LogP contribution < -0.4 is 0 Å². The van der Waals surface area contributed by atoms with E-state index in [1.807, 2.05) is 0 Å². The van der Waals surface area contributed by atoms with Crippen molar-refractivity contribution in [2.75, 3.05) is 12.9 Å². The van der Waals surface area contributed by atoms with Crippen LogP contribution >= 0.6 is 0 Å². The van der Waals surface area contributed by atoms with Crippen LogP contribution in [0, 0.1) is 11.6 Å². The number of methoxy groups -OCH3 is 1. The fourth-order valence-corrected chi connectivity index (χ4v) is 2.57. The zero-order chi connectivity index (χ0) is 15.5. The number of esters is 1. The molecule has 1 atom stereocenters. The highest BCUT2D eigenvalue weighted by molar-refractivity contribution is 7.93. The minimum Gasteiger partial charge on any atom is -0.468 e. The Labute approximate surface area is 114 Å². The summed E-state index contributed by atoms with van der Waals surface area (Å²) in [5, 5.41) is -1.64. The molecule has 0 radical (unpaired) electrons. The number of ketones is 1. The van der Waals surface area contributed by atoms with Crippen molar-refractivity contribution in [3.63, 3.8) is 0 Å². The summed E-state index contributed by atoms with van der Waals surface area (Å²) in [6.07, 6.45) is 0. The van der Waals surface area contributed by atoms with Gasteiger partial charge in [0, 0.05) is 6.07 Å². The van der Waals surface area contributed by atoms with Gasteiger partial charge in [-0.05, 0) is 19.1 Å². The first-order valence-electron chi connectivity index (χ1n) is 5.46. The predicted molar refractivity (Wildman–Crippen MR) is 66.0 cm³/mol. The smallest absolute Gasteiger partial charge is 0.320 e. The second-order valence-corrected chi connectivity index (χ2v) is 6.34. The summed E-state index contributed by atoms with van der Waals surface area (Å²) in [6, 6.07) is 2.18. The Balaban J connectivity index is 3.05. The Bertz CT molecular complexity index is 639. The summed E-state index contributed by atoms with van der Waals surface area (Å²) in [7, 11) is -3.13. The van der Waals surface area contributed by atoms with Crippen molar-refractivity contribution < 1.29 is 31.5 Å². The number of rotatable bonds is 5. The first-order chi connectivity index (χ1) is 9.19. The number of ether oxygens (including phenoxy) is 1. The Morgan fingerprint density at radius 1 is 1.30 bits per heavy atom. The maximum Gasteiger partial charge on any atom is 0.320 e. The largest absolute Gasteiger partial charge is 0.468 e. The van der Waals surface area contributed by atoms with E-state index in [0.29, 0.717) is 6.07 Å².